The van der Waals surface area contributed by atoms with Crippen molar-refractivity contribution < 1.29 is 28.8 Å². The summed E-state index contributed by atoms with van der Waals surface area (Å²) in [6.45, 7) is 5.76. The molecule has 0 spiro atoms. The Hall–Kier alpha value is -0.713. The van der Waals surface area contributed by atoms with Crippen LogP contribution in [0.4, 0.5) is 0 Å². The van der Waals surface area contributed by atoms with Gasteiger partial charge in [0.05, 0.1) is 0 Å². The number of carbonyl (C=O) groups is 1. The van der Waals surface area contributed by atoms with Crippen LogP contribution in [0, 0.1) is 12.8 Å². The third kappa shape index (κ3) is 3.74. The number of carboxylic acid groups (broad SMARTS) is 1. The largest absolute Gasteiger partial charge is 1.00 e. The van der Waals surface area contributed by atoms with Gasteiger partial charge in [-0.1, -0.05) is 43.7 Å². The van der Waals surface area contributed by atoms with Gasteiger partial charge < -0.3 is 9.90 Å². The smallest absolute Gasteiger partial charge is 0.549 e. The fourth-order valence-electron chi connectivity index (χ4n) is 1.57. The maximum Gasteiger partial charge on any atom is 1.00 e. The molecule has 2 nitrogen and oxygen atoms in total. The fourth-order valence-corrected chi connectivity index (χ4v) is 1.57. The fraction of sp³-hybridized carbons (Fsp3) is 0.417. The molecule has 1 aromatic carbocycles. The van der Waals surface area contributed by atoms with Crippen molar-refractivity contribution in [3.63, 3.8) is 0 Å². The maximum atomic E-state index is 10.9. The van der Waals surface area contributed by atoms with E-state index < -0.39 is 11.9 Å². The number of rotatable bonds is 3. The molecule has 0 amide bonds. The Morgan fingerprint density at radius 1 is 1.20 bits per heavy atom. The van der Waals surface area contributed by atoms with Crippen LogP contribution in [0.1, 0.15) is 30.9 Å². The number of aryl methyl sites for hydroxylation is 1. The van der Waals surface area contributed by atoms with Gasteiger partial charge in [-0.3, -0.25) is 0 Å². The van der Waals surface area contributed by atoms with Gasteiger partial charge in [0, 0.05) is 11.9 Å². The molecule has 0 aliphatic rings. The third-order valence-electron chi connectivity index (χ3n) is 2.36. The van der Waals surface area contributed by atoms with Crippen molar-refractivity contribution in [3.05, 3.63) is 35.4 Å². The number of hydrogen-bond donors (Lipinski definition) is 0. The summed E-state index contributed by atoms with van der Waals surface area (Å²) >= 11 is 0. The Morgan fingerprint density at radius 2 is 1.67 bits per heavy atom. The number of benzene rings is 1. The molecular weight excluding hydrogens is 183 g/mol. The van der Waals surface area contributed by atoms with E-state index in [0.717, 1.165) is 11.1 Å². The van der Waals surface area contributed by atoms with Gasteiger partial charge in [0.25, 0.3) is 0 Å². The standard InChI is InChI=1S/C12H16O2.Li/c1-8(2)11(12(13)14)10-6-4-9(3)5-7-10;/h4-8,11H,1-3H3,(H,13,14);/q;+1/p-1. The van der Waals surface area contributed by atoms with Gasteiger partial charge in [-0.15, -0.1) is 0 Å². The quantitative estimate of drug-likeness (QED) is 0.554. The van der Waals surface area contributed by atoms with E-state index in [0.29, 0.717) is 0 Å². The van der Waals surface area contributed by atoms with Gasteiger partial charge in [0.15, 0.2) is 0 Å². The van der Waals surface area contributed by atoms with Crippen LogP contribution in [0.15, 0.2) is 24.3 Å². The summed E-state index contributed by atoms with van der Waals surface area (Å²) < 4.78 is 0. The molecule has 0 aromatic heterocycles. The molecule has 0 fully saturated rings. The molecule has 0 aliphatic carbocycles. The van der Waals surface area contributed by atoms with Gasteiger partial charge >= 0.3 is 18.9 Å². The summed E-state index contributed by atoms with van der Waals surface area (Å²) in [5.41, 5.74) is 1.96. The van der Waals surface area contributed by atoms with Crippen LogP contribution in [0.3, 0.4) is 0 Å². The predicted molar refractivity (Wildman–Crippen MR) is 53.8 cm³/mol. The van der Waals surface area contributed by atoms with Crippen LogP contribution in [0.25, 0.3) is 0 Å². The molecular formula is C12H15LiO2. The number of carboxylic acids is 1. The van der Waals surface area contributed by atoms with Crippen molar-refractivity contribution in [2.24, 2.45) is 5.92 Å². The summed E-state index contributed by atoms with van der Waals surface area (Å²) in [7, 11) is 0. The Labute approximate surface area is 103 Å². The molecule has 0 bridgehead atoms. The zero-order valence-electron chi connectivity index (χ0n) is 9.78. The van der Waals surface area contributed by atoms with E-state index in [1.165, 1.54) is 0 Å². The van der Waals surface area contributed by atoms with Crippen LogP contribution in [-0.4, -0.2) is 5.97 Å². The number of carbonyl (C=O) groups excluding carboxylic acids is 1. The molecule has 0 saturated carbocycles. The van der Waals surface area contributed by atoms with E-state index in [1.807, 2.05) is 45.0 Å². The molecule has 0 radical (unpaired) electrons. The predicted octanol–water partition coefficient (Wildman–Crippen LogP) is -1.51. The maximum absolute atomic E-state index is 10.9. The normalized spacial score (nSPS) is 12.0. The Kier molecular flexibility index (Phi) is 5.71. The molecule has 1 unspecified atom stereocenters. The summed E-state index contributed by atoms with van der Waals surface area (Å²) in [6, 6.07) is 7.56. The summed E-state index contributed by atoms with van der Waals surface area (Å²) in [6.07, 6.45) is 0. The molecule has 76 valence electrons. The minimum Gasteiger partial charge on any atom is -0.549 e. The van der Waals surface area contributed by atoms with E-state index in [1.54, 1.807) is 0 Å². The molecule has 15 heavy (non-hydrogen) atoms. The van der Waals surface area contributed by atoms with Crippen molar-refractivity contribution in [1.82, 2.24) is 0 Å². The molecule has 0 heterocycles. The van der Waals surface area contributed by atoms with Gasteiger partial charge in [-0.05, 0) is 18.4 Å². The van der Waals surface area contributed by atoms with E-state index >= 15 is 0 Å². The second kappa shape index (κ2) is 6.00. The van der Waals surface area contributed by atoms with Gasteiger partial charge in [-0.2, -0.15) is 0 Å². The van der Waals surface area contributed by atoms with E-state index in [4.69, 9.17) is 0 Å². The SMILES string of the molecule is Cc1ccc(C(C(=O)[O-])C(C)C)cc1.[Li+]. The molecule has 1 aromatic rings. The summed E-state index contributed by atoms with van der Waals surface area (Å²) in [4.78, 5) is 10.9. The Morgan fingerprint density at radius 3 is 2.00 bits per heavy atom. The van der Waals surface area contributed by atoms with Crippen LogP contribution in [0.2, 0.25) is 0 Å². The van der Waals surface area contributed by atoms with Crippen LogP contribution in [0.5, 0.6) is 0 Å². The molecule has 0 saturated heterocycles. The molecule has 0 N–H and O–H groups in total. The molecule has 3 heteroatoms. The Bertz CT molecular complexity index is 317. The van der Waals surface area contributed by atoms with E-state index in [9.17, 15) is 9.90 Å². The third-order valence-corrected chi connectivity index (χ3v) is 2.36. The average Bonchev–Trinajstić information content (AvgIpc) is 2.07. The Balaban J connectivity index is 0.00000196. The van der Waals surface area contributed by atoms with Crippen molar-refractivity contribution in [2.45, 2.75) is 26.7 Å². The second-order valence-electron chi connectivity index (χ2n) is 3.95. The first-order valence-electron chi connectivity index (χ1n) is 4.79. The second-order valence-corrected chi connectivity index (χ2v) is 3.95. The first-order valence-corrected chi connectivity index (χ1v) is 4.79. The topological polar surface area (TPSA) is 40.1 Å². The average molecular weight is 198 g/mol. The summed E-state index contributed by atoms with van der Waals surface area (Å²) in [5.74, 6) is -1.44. The monoisotopic (exact) mass is 198 g/mol. The minimum atomic E-state index is -0.996. The van der Waals surface area contributed by atoms with Gasteiger partial charge in [-0.25, -0.2) is 0 Å². The van der Waals surface area contributed by atoms with Crippen LogP contribution >= 0.6 is 0 Å². The number of aliphatic carboxylic acids is 1. The molecule has 0 aliphatic heterocycles. The van der Waals surface area contributed by atoms with Gasteiger partial charge in [0.2, 0.25) is 0 Å². The first-order chi connectivity index (χ1) is 6.52. The number of hydrogen-bond acceptors (Lipinski definition) is 2. The van der Waals surface area contributed by atoms with Crippen molar-refractivity contribution in [1.29, 1.82) is 0 Å². The summed E-state index contributed by atoms with van der Waals surface area (Å²) in [5, 5.41) is 10.9. The molecule has 1 rings (SSSR count). The minimum absolute atomic E-state index is 0. The van der Waals surface area contributed by atoms with Gasteiger partial charge in [0.1, 0.15) is 0 Å². The van der Waals surface area contributed by atoms with Crippen LogP contribution < -0.4 is 24.0 Å². The zero-order chi connectivity index (χ0) is 10.7. The van der Waals surface area contributed by atoms with E-state index in [-0.39, 0.29) is 24.8 Å². The first kappa shape index (κ1) is 14.3. The van der Waals surface area contributed by atoms with Crippen LogP contribution in [-0.2, 0) is 4.79 Å². The van der Waals surface area contributed by atoms with E-state index in [2.05, 4.69) is 0 Å². The van der Waals surface area contributed by atoms with Crippen molar-refractivity contribution in [2.75, 3.05) is 0 Å². The van der Waals surface area contributed by atoms with Crippen molar-refractivity contribution in [3.8, 4) is 0 Å². The molecule has 1 atom stereocenters. The zero-order valence-corrected chi connectivity index (χ0v) is 9.78. The van der Waals surface area contributed by atoms with Crippen molar-refractivity contribution >= 4 is 5.97 Å².